The fraction of sp³-hybridized carbons (Fsp3) is 0.600. The van der Waals surface area contributed by atoms with E-state index in [2.05, 4.69) is 48.3 Å². The smallest absolute Gasteiger partial charge is 0.159 e. The van der Waals surface area contributed by atoms with Gasteiger partial charge in [0.05, 0.1) is 6.61 Å². The van der Waals surface area contributed by atoms with Crippen molar-refractivity contribution in [2.45, 2.75) is 84.0 Å². The SMILES string of the molecule is CCCCC[C@H]1CC[C@H](c2cnc(-c3ccc(OCCCC)cc3)nc2)CC1. The van der Waals surface area contributed by atoms with Crippen molar-refractivity contribution in [2.75, 3.05) is 6.61 Å². The molecule has 0 radical (unpaired) electrons. The molecule has 0 spiro atoms. The van der Waals surface area contributed by atoms with Crippen LogP contribution in [0.3, 0.4) is 0 Å². The molecule has 3 nitrogen and oxygen atoms in total. The summed E-state index contributed by atoms with van der Waals surface area (Å²) < 4.78 is 5.73. The number of aromatic nitrogens is 2. The van der Waals surface area contributed by atoms with Gasteiger partial charge in [0.25, 0.3) is 0 Å². The number of benzene rings is 1. The van der Waals surface area contributed by atoms with Crippen LogP contribution in [0.15, 0.2) is 36.7 Å². The minimum atomic E-state index is 0.644. The zero-order chi connectivity index (χ0) is 19.6. The molecule has 152 valence electrons. The number of hydrogen-bond donors (Lipinski definition) is 0. The summed E-state index contributed by atoms with van der Waals surface area (Å²) in [5, 5.41) is 0. The summed E-state index contributed by atoms with van der Waals surface area (Å²) in [5.41, 5.74) is 2.37. The van der Waals surface area contributed by atoms with Gasteiger partial charge in [0.1, 0.15) is 5.75 Å². The standard InChI is InChI=1S/C25H36N2O/c1-3-5-7-8-20-9-11-21(12-10-20)23-18-26-25(27-19-23)22-13-15-24(16-14-22)28-17-6-4-2/h13-16,18-21H,3-12,17H2,1-2H3/t20-,21-. The van der Waals surface area contributed by atoms with E-state index in [0.717, 1.165) is 42.5 Å². The van der Waals surface area contributed by atoms with Gasteiger partial charge < -0.3 is 4.74 Å². The van der Waals surface area contributed by atoms with Gasteiger partial charge in [-0.15, -0.1) is 0 Å². The molecule has 0 aliphatic heterocycles. The molecule has 28 heavy (non-hydrogen) atoms. The maximum Gasteiger partial charge on any atom is 0.159 e. The predicted octanol–water partition coefficient (Wildman–Crippen LogP) is 7.18. The Morgan fingerprint density at radius 2 is 1.54 bits per heavy atom. The Hall–Kier alpha value is -1.90. The molecule has 1 heterocycles. The van der Waals surface area contributed by atoms with Gasteiger partial charge in [0.15, 0.2) is 5.82 Å². The Kier molecular flexibility index (Phi) is 8.32. The maximum absolute atomic E-state index is 5.73. The van der Waals surface area contributed by atoms with Crippen LogP contribution in [0, 0.1) is 5.92 Å². The van der Waals surface area contributed by atoms with Gasteiger partial charge in [0, 0.05) is 18.0 Å². The number of hydrogen-bond acceptors (Lipinski definition) is 3. The monoisotopic (exact) mass is 380 g/mol. The van der Waals surface area contributed by atoms with Gasteiger partial charge in [-0.1, -0.05) is 46.0 Å². The second-order valence-corrected chi connectivity index (χ2v) is 8.28. The van der Waals surface area contributed by atoms with Crippen molar-refractivity contribution in [3.05, 3.63) is 42.2 Å². The van der Waals surface area contributed by atoms with E-state index in [1.54, 1.807) is 0 Å². The molecule has 0 bridgehead atoms. The molecule has 3 rings (SSSR count). The van der Waals surface area contributed by atoms with Crippen LogP contribution >= 0.6 is 0 Å². The third kappa shape index (κ3) is 6.05. The number of unbranched alkanes of at least 4 members (excludes halogenated alkanes) is 3. The van der Waals surface area contributed by atoms with Gasteiger partial charge in [-0.3, -0.25) is 0 Å². The van der Waals surface area contributed by atoms with Crippen LogP contribution < -0.4 is 4.74 Å². The van der Waals surface area contributed by atoms with E-state index in [9.17, 15) is 0 Å². The van der Waals surface area contributed by atoms with Crippen LogP contribution in [0.2, 0.25) is 0 Å². The Morgan fingerprint density at radius 1 is 0.857 bits per heavy atom. The van der Waals surface area contributed by atoms with Crippen molar-refractivity contribution < 1.29 is 4.74 Å². The van der Waals surface area contributed by atoms with Crippen molar-refractivity contribution in [1.29, 1.82) is 0 Å². The molecule has 0 amide bonds. The number of rotatable bonds is 10. The predicted molar refractivity (Wildman–Crippen MR) is 117 cm³/mol. The Labute approximate surface area is 171 Å². The van der Waals surface area contributed by atoms with E-state index < -0.39 is 0 Å². The molecule has 1 aromatic carbocycles. The van der Waals surface area contributed by atoms with E-state index in [4.69, 9.17) is 4.74 Å². The first-order chi connectivity index (χ1) is 13.8. The Balaban J connectivity index is 1.51. The molecular formula is C25H36N2O. The lowest BCUT2D eigenvalue weighted by atomic mass is 9.77. The lowest BCUT2D eigenvalue weighted by molar-refractivity contribution is 0.302. The summed E-state index contributed by atoms with van der Waals surface area (Å²) in [6.07, 6.45) is 17.2. The van der Waals surface area contributed by atoms with Crippen LogP contribution in [0.25, 0.3) is 11.4 Å². The molecule has 0 saturated heterocycles. The van der Waals surface area contributed by atoms with Gasteiger partial charge in [-0.25, -0.2) is 9.97 Å². The number of ether oxygens (including phenoxy) is 1. The largest absolute Gasteiger partial charge is 0.494 e. The van der Waals surface area contributed by atoms with Crippen LogP contribution in [0.4, 0.5) is 0 Å². The highest BCUT2D eigenvalue weighted by molar-refractivity contribution is 5.56. The molecular weight excluding hydrogens is 344 g/mol. The molecule has 1 saturated carbocycles. The van der Waals surface area contributed by atoms with Crippen molar-refractivity contribution in [3.63, 3.8) is 0 Å². The minimum absolute atomic E-state index is 0.644. The van der Waals surface area contributed by atoms with Crippen molar-refractivity contribution in [3.8, 4) is 17.1 Å². The summed E-state index contributed by atoms with van der Waals surface area (Å²) >= 11 is 0. The summed E-state index contributed by atoms with van der Waals surface area (Å²) in [4.78, 5) is 9.31. The second-order valence-electron chi connectivity index (χ2n) is 8.28. The second kappa shape index (κ2) is 11.2. The Bertz CT molecular complexity index is 673. The van der Waals surface area contributed by atoms with Crippen LogP contribution in [-0.2, 0) is 0 Å². The molecule has 3 heteroatoms. The summed E-state index contributed by atoms with van der Waals surface area (Å²) in [7, 11) is 0. The van der Waals surface area contributed by atoms with E-state index in [0.29, 0.717) is 5.92 Å². The molecule has 2 aromatic rings. The minimum Gasteiger partial charge on any atom is -0.494 e. The van der Waals surface area contributed by atoms with Crippen LogP contribution in [0.1, 0.15) is 89.5 Å². The maximum atomic E-state index is 5.73. The average molecular weight is 381 g/mol. The lowest BCUT2D eigenvalue weighted by Gasteiger charge is -2.28. The van der Waals surface area contributed by atoms with Gasteiger partial charge in [0.2, 0.25) is 0 Å². The molecule has 0 N–H and O–H groups in total. The summed E-state index contributed by atoms with van der Waals surface area (Å²) in [6, 6.07) is 8.14. The van der Waals surface area contributed by atoms with Crippen LogP contribution in [-0.4, -0.2) is 16.6 Å². The third-order valence-electron chi connectivity index (χ3n) is 6.09. The third-order valence-corrected chi connectivity index (χ3v) is 6.09. The van der Waals surface area contributed by atoms with Crippen molar-refractivity contribution >= 4 is 0 Å². The zero-order valence-electron chi connectivity index (χ0n) is 17.7. The van der Waals surface area contributed by atoms with Gasteiger partial charge >= 0.3 is 0 Å². The zero-order valence-corrected chi connectivity index (χ0v) is 17.7. The lowest BCUT2D eigenvalue weighted by Crippen LogP contribution is -2.14. The van der Waals surface area contributed by atoms with E-state index in [1.807, 2.05) is 12.1 Å². The normalized spacial score (nSPS) is 19.5. The fourth-order valence-electron chi connectivity index (χ4n) is 4.20. The molecule has 1 aliphatic carbocycles. The quantitative estimate of drug-likeness (QED) is 0.410. The highest BCUT2D eigenvalue weighted by atomic mass is 16.5. The molecule has 0 unspecified atom stereocenters. The fourth-order valence-corrected chi connectivity index (χ4v) is 4.20. The van der Waals surface area contributed by atoms with E-state index in [-0.39, 0.29) is 0 Å². The molecule has 1 fully saturated rings. The highest BCUT2D eigenvalue weighted by Gasteiger charge is 2.22. The first-order valence-corrected chi connectivity index (χ1v) is 11.3. The van der Waals surface area contributed by atoms with Crippen molar-refractivity contribution in [1.82, 2.24) is 9.97 Å². The van der Waals surface area contributed by atoms with E-state index >= 15 is 0 Å². The van der Waals surface area contributed by atoms with Gasteiger partial charge in [-0.05, 0) is 73.8 Å². The molecule has 0 atom stereocenters. The topological polar surface area (TPSA) is 35.0 Å². The Morgan fingerprint density at radius 3 is 2.18 bits per heavy atom. The molecule has 1 aromatic heterocycles. The van der Waals surface area contributed by atoms with Crippen LogP contribution in [0.5, 0.6) is 5.75 Å². The van der Waals surface area contributed by atoms with Crippen molar-refractivity contribution in [2.24, 2.45) is 5.92 Å². The molecule has 1 aliphatic rings. The van der Waals surface area contributed by atoms with Gasteiger partial charge in [-0.2, -0.15) is 0 Å². The summed E-state index contributed by atoms with van der Waals surface area (Å²) in [5.74, 6) is 3.31. The van der Waals surface area contributed by atoms with E-state index in [1.165, 1.54) is 56.9 Å². The summed E-state index contributed by atoms with van der Waals surface area (Å²) in [6.45, 7) is 5.24. The highest BCUT2D eigenvalue weighted by Crippen LogP contribution is 2.37. The first kappa shape index (κ1) is 20.8. The first-order valence-electron chi connectivity index (χ1n) is 11.3. The number of nitrogens with zero attached hydrogens (tertiary/aromatic N) is 2. The average Bonchev–Trinajstić information content (AvgIpc) is 2.75.